The molecule has 1 amide bonds. The summed E-state index contributed by atoms with van der Waals surface area (Å²) in [6, 6.07) is 12.5. The van der Waals surface area contributed by atoms with E-state index in [9.17, 15) is 9.18 Å². The molecule has 3 aromatic rings. The molecule has 27 heavy (non-hydrogen) atoms. The van der Waals surface area contributed by atoms with Gasteiger partial charge in [0, 0.05) is 11.3 Å². The molecule has 2 heterocycles. The second-order valence-corrected chi connectivity index (χ2v) is 7.14. The predicted molar refractivity (Wildman–Crippen MR) is 103 cm³/mol. The molecule has 1 aliphatic heterocycles. The molecular weight excluding hydrogens is 341 g/mol. The molecule has 0 unspecified atom stereocenters. The number of hydrogen-bond donors (Lipinski definition) is 1. The van der Waals surface area contributed by atoms with Crippen molar-refractivity contribution >= 4 is 11.6 Å². The van der Waals surface area contributed by atoms with Crippen molar-refractivity contribution in [3.8, 4) is 11.3 Å². The van der Waals surface area contributed by atoms with E-state index < -0.39 is 0 Å². The van der Waals surface area contributed by atoms with Crippen molar-refractivity contribution < 1.29 is 13.8 Å². The van der Waals surface area contributed by atoms with Crippen molar-refractivity contribution in [3.05, 3.63) is 71.4 Å². The van der Waals surface area contributed by atoms with Gasteiger partial charge in [-0.25, -0.2) is 13.5 Å². The van der Waals surface area contributed by atoms with Gasteiger partial charge >= 0.3 is 0 Å². The van der Waals surface area contributed by atoms with Crippen molar-refractivity contribution in [1.82, 2.24) is 4.57 Å². The van der Waals surface area contributed by atoms with Gasteiger partial charge in [0.15, 0.2) is 12.2 Å². The first-order valence-corrected chi connectivity index (χ1v) is 9.27. The van der Waals surface area contributed by atoms with Gasteiger partial charge in [-0.2, -0.15) is 0 Å². The number of aromatic nitrogens is 2. The third kappa shape index (κ3) is 3.37. The lowest BCUT2D eigenvalue weighted by Gasteiger charge is -2.10. The van der Waals surface area contributed by atoms with Crippen molar-refractivity contribution in [1.29, 1.82) is 0 Å². The number of para-hydroxylation sites is 1. The smallest absolute Gasteiger partial charge is 0.266 e. The average molecular weight is 364 g/mol. The number of aryl methyl sites for hydroxylation is 2. The topological polar surface area (TPSA) is 37.9 Å². The maximum absolute atomic E-state index is 13.3. The fourth-order valence-corrected chi connectivity index (χ4v) is 3.84. The number of halogens is 1. The number of anilines is 1. The Balaban J connectivity index is 1.60. The quantitative estimate of drug-likeness (QED) is 0.703. The molecule has 5 heteroatoms. The van der Waals surface area contributed by atoms with E-state index in [0.717, 1.165) is 53.3 Å². The molecule has 0 fully saturated rings. The number of nitrogens with zero attached hydrogens (tertiary/aromatic N) is 2. The lowest BCUT2D eigenvalue weighted by atomic mass is 10.1. The summed E-state index contributed by atoms with van der Waals surface area (Å²) in [6.07, 6.45) is 4.01. The van der Waals surface area contributed by atoms with Crippen LogP contribution in [0.25, 0.3) is 11.3 Å². The van der Waals surface area contributed by atoms with Gasteiger partial charge in [-0.3, -0.25) is 4.79 Å². The van der Waals surface area contributed by atoms with E-state index in [1.807, 2.05) is 42.8 Å². The Morgan fingerprint density at radius 2 is 1.85 bits per heavy atom. The van der Waals surface area contributed by atoms with Gasteiger partial charge in [-0.05, 0) is 55.7 Å². The highest BCUT2D eigenvalue weighted by Gasteiger charge is 2.29. The highest BCUT2D eigenvalue weighted by atomic mass is 19.1. The van der Waals surface area contributed by atoms with E-state index in [-0.39, 0.29) is 18.3 Å². The molecule has 4 nitrogen and oxygen atoms in total. The zero-order chi connectivity index (χ0) is 19.0. The summed E-state index contributed by atoms with van der Waals surface area (Å²) in [5.74, 6) is 0.863. The minimum absolute atomic E-state index is 0.0386. The Labute approximate surface area is 158 Å². The molecule has 0 aliphatic carbocycles. The molecular formula is C22H23FN3O+. The first kappa shape index (κ1) is 17.5. The summed E-state index contributed by atoms with van der Waals surface area (Å²) >= 11 is 0. The van der Waals surface area contributed by atoms with Crippen LogP contribution in [0.1, 0.15) is 23.4 Å². The number of imidazole rings is 1. The lowest BCUT2D eigenvalue weighted by molar-refractivity contribution is -0.690. The number of hydrogen-bond acceptors (Lipinski definition) is 1. The summed E-state index contributed by atoms with van der Waals surface area (Å²) in [6.45, 7) is 5.19. The maximum Gasteiger partial charge on any atom is 0.266 e. The maximum atomic E-state index is 13.3. The first-order chi connectivity index (χ1) is 13.0. The molecule has 0 atom stereocenters. The van der Waals surface area contributed by atoms with Gasteiger partial charge < -0.3 is 5.32 Å². The first-order valence-electron chi connectivity index (χ1n) is 9.27. The Bertz CT molecular complexity index is 985. The van der Waals surface area contributed by atoms with Gasteiger partial charge in [0.05, 0.1) is 13.0 Å². The number of nitrogens with one attached hydrogen (secondary N) is 1. The fraction of sp³-hybridized carbons (Fsp3) is 0.273. The zero-order valence-corrected chi connectivity index (χ0v) is 15.6. The SMILES string of the molecule is Cc1cccc(C)c1NC(=O)C[n+]1cc(-c2ccc(F)cc2)n2c1CCC2. The van der Waals surface area contributed by atoms with Gasteiger partial charge in [-0.1, -0.05) is 18.2 Å². The van der Waals surface area contributed by atoms with E-state index in [4.69, 9.17) is 0 Å². The van der Waals surface area contributed by atoms with Gasteiger partial charge in [-0.15, -0.1) is 0 Å². The highest BCUT2D eigenvalue weighted by Crippen LogP contribution is 2.25. The van der Waals surface area contributed by atoms with Crippen LogP contribution < -0.4 is 9.88 Å². The molecule has 138 valence electrons. The monoisotopic (exact) mass is 364 g/mol. The molecule has 2 aromatic carbocycles. The van der Waals surface area contributed by atoms with Crippen LogP contribution in [0.3, 0.4) is 0 Å². The molecule has 1 N–H and O–H groups in total. The predicted octanol–water partition coefficient (Wildman–Crippen LogP) is 3.78. The number of fused-ring (bicyclic) bond motifs is 1. The van der Waals surface area contributed by atoms with Crippen LogP contribution in [-0.4, -0.2) is 10.5 Å². The minimum Gasteiger partial charge on any atom is -0.322 e. The third-order valence-corrected chi connectivity index (χ3v) is 5.19. The molecule has 1 aliphatic rings. The Morgan fingerprint density at radius 3 is 2.56 bits per heavy atom. The molecule has 0 radical (unpaired) electrons. The molecule has 1 aromatic heterocycles. The van der Waals surface area contributed by atoms with Gasteiger partial charge in [0.1, 0.15) is 12.0 Å². The van der Waals surface area contributed by atoms with Crippen molar-refractivity contribution in [2.24, 2.45) is 0 Å². The van der Waals surface area contributed by atoms with E-state index in [1.54, 1.807) is 12.1 Å². The lowest BCUT2D eigenvalue weighted by Crippen LogP contribution is -2.42. The summed E-state index contributed by atoms with van der Waals surface area (Å²) in [5, 5.41) is 3.06. The number of rotatable bonds is 4. The number of carbonyl (C=O) groups excluding carboxylic acids is 1. The van der Waals surface area contributed by atoms with Crippen LogP contribution in [-0.2, 0) is 24.3 Å². The summed E-state index contributed by atoms with van der Waals surface area (Å²) < 4.78 is 17.5. The van der Waals surface area contributed by atoms with E-state index >= 15 is 0 Å². The minimum atomic E-state index is -0.243. The third-order valence-electron chi connectivity index (χ3n) is 5.19. The van der Waals surface area contributed by atoms with E-state index in [1.165, 1.54) is 12.1 Å². The van der Waals surface area contributed by atoms with Crippen LogP contribution in [0, 0.1) is 19.7 Å². The average Bonchev–Trinajstić information content (AvgIpc) is 3.23. The van der Waals surface area contributed by atoms with Crippen LogP contribution >= 0.6 is 0 Å². The summed E-state index contributed by atoms with van der Waals surface area (Å²) in [5.41, 5.74) is 5.00. The van der Waals surface area contributed by atoms with Crippen LogP contribution in [0.4, 0.5) is 10.1 Å². The van der Waals surface area contributed by atoms with Crippen molar-refractivity contribution in [2.45, 2.75) is 39.8 Å². The molecule has 4 rings (SSSR count). The molecule has 0 saturated carbocycles. The van der Waals surface area contributed by atoms with Crippen LogP contribution in [0.2, 0.25) is 0 Å². The summed E-state index contributed by atoms with van der Waals surface area (Å²) in [7, 11) is 0. The number of amides is 1. The Hall–Kier alpha value is -2.95. The Kier molecular flexibility index (Phi) is 4.52. The Morgan fingerprint density at radius 1 is 1.15 bits per heavy atom. The highest BCUT2D eigenvalue weighted by molar-refractivity contribution is 5.91. The van der Waals surface area contributed by atoms with E-state index in [2.05, 4.69) is 9.88 Å². The van der Waals surface area contributed by atoms with Gasteiger partial charge in [0.2, 0.25) is 0 Å². The number of carbonyl (C=O) groups is 1. The fourth-order valence-electron chi connectivity index (χ4n) is 3.84. The molecule has 0 saturated heterocycles. The zero-order valence-electron chi connectivity index (χ0n) is 15.6. The van der Waals surface area contributed by atoms with Crippen molar-refractivity contribution in [3.63, 3.8) is 0 Å². The standard InChI is InChI=1S/C22H22FN3O/c1-15-5-3-6-16(2)22(15)24-20(27)14-25-13-19(26-12-4-7-21(25)26)17-8-10-18(23)11-9-17/h3,5-6,8-11,13H,4,7,12,14H2,1-2H3/p+1. The number of benzene rings is 2. The van der Waals surface area contributed by atoms with E-state index in [0.29, 0.717) is 0 Å². The summed E-state index contributed by atoms with van der Waals surface area (Å²) in [4.78, 5) is 12.7. The largest absolute Gasteiger partial charge is 0.322 e. The molecule has 0 bridgehead atoms. The molecule has 0 spiro atoms. The van der Waals surface area contributed by atoms with Gasteiger partial charge in [0.25, 0.3) is 11.7 Å². The second kappa shape index (κ2) is 6.99. The van der Waals surface area contributed by atoms with Crippen LogP contribution in [0.5, 0.6) is 0 Å². The second-order valence-electron chi connectivity index (χ2n) is 7.14. The van der Waals surface area contributed by atoms with Crippen LogP contribution in [0.15, 0.2) is 48.7 Å². The van der Waals surface area contributed by atoms with Crippen molar-refractivity contribution in [2.75, 3.05) is 5.32 Å². The normalized spacial score (nSPS) is 12.9.